The van der Waals surface area contributed by atoms with Gasteiger partial charge in [0, 0.05) is 6.92 Å². The maximum absolute atomic E-state index is 12.6. The molecule has 1 nitrogen and oxygen atoms in total. The normalized spacial score (nSPS) is 15.2. The van der Waals surface area contributed by atoms with Crippen LogP contribution in [0, 0.1) is 0 Å². The Labute approximate surface area is 82.7 Å². The van der Waals surface area contributed by atoms with Crippen molar-refractivity contribution in [1.29, 1.82) is 0 Å². The fourth-order valence-corrected chi connectivity index (χ4v) is 0.614. The second-order valence-electron chi connectivity index (χ2n) is 2.88. The van der Waals surface area contributed by atoms with E-state index in [1.165, 1.54) is 6.92 Å². The summed E-state index contributed by atoms with van der Waals surface area (Å²) >= 11 is 0. The Bertz CT molecular complexity index is 242. The van der Waals surface area contributed by atoms with Crippen LogP contribution in [0.5, 0.6) is 0 Å². The van der Waals surface area contributed by atoms with Gasteiger partial charge in [-0.05, 0) is 6.42 Å². The van der Waals surface area contributed by atoms with Crippen LogP contribution in [0.1, 0.15) is 20.3 Å². The molecule has 0 aliphatic rings. The highest BCUT2D eigenvalue weighted by Gasteiger charge is 2.45. The lowest BCUT2D eigenvalue weighted by atomic mass is 10.3. The second-order valence-corrected chi connectivity index (χ2v) is 2.88. The van der Waals surface area contributed by atoms with E-state index < -0.39 is 30.3 Å². The van der Waals surface area contributed by atoms with Crippen LogP contribution in [0.4, 0.5) is 26.3 Å². The van der Waals surface area contributed by atoms with Gasteiger partial charge in [-0.2, -0.15) is 22.0 Å². The van der Waals surface area contributed by atoms with Crippen LogP contribution < -0.4 is 0 Å². The molecule has 0 aliphatic heterocycles. The average molecular weight is 236 g/mol. The third-order valence-electron chi connectivity index (χ3n) is 1.32. The van der Waals surface area contributed by atoms with Gasteiger partial charge in [0.2, 0.25) is 11.7 Å². The molecule has 0 rings (SSSR count). The van der Waals surface area contributed by atoms with E-state index in [0.717, 1.165) is 0 Å². The molecule has 0 radical (unpaired) electrons. The van der Waals surface area contributed by atoms with Crippen molar-refractivity contribution in [3.8, 4) is 0 Å². The first-order valence-corrected chi connectivity index (χ1v) is 4.08. The Morgan fingerprint density at radius 3 is 1.87 bits per heavy atom. The molecule has 90 valence electrons. The van der Waals surface area contributed by atoms with Crippen molar-refractivity contribution in [3.63, 3.8) is 0 Å². The second kappa shape index (κ2) is 4.87. The number of rotatable bonds is 5. The predicted octanol–water partition coefficient (Wildman–Crippen LogP) is 3.81. The molecule has 0 aromatic carbocycles. The van der Waals surface area contributed by atoms with Gasteiger partial charge >= 0.3 is 6.11 Å². The molecular weight excluding hydrogens is 226 g/mol. The molecule has 0 fully saturated rings. The van der Waals surface area contributed by atoms with E-state index in [-0.39, 0.29) is 13.3 Å². The Hall–Kier alpha value is -0.720. The fraction of sp³-hybridized carbons (Fsp3) is 0.750. The molecule has 0 heterocycles. The number of halogens is 6. The van der Waals surface area contributed by atoms with Gasteiger partial charge in [0.1, 0.15) is 0 Å². The highest BCUT2D eigenvalue weighted by Crippen LogP contribution is 2.36. The minimum Gasteiger partial charge on any atom is -0.315 e. The first-order chi connectivity index (χ1) is 6.63. The predicted molar refractivity (Wildman–Crippen MR) is 41.1 cm³/mol. The van der Waals surface area contributed by atoms with Gasteiger partial charge in [-0.25, -0.2) is 4.39 Å². The lowest BCUT2D eigenvalue weighted by Gasteiger charge is -2.16. The van der Waals surface area contributed by atoms with Crippen molar-refractivity contribution in [2.24, 2.45) is 0 Å². The van der Waals surface area contributed by atoms with Crippen molar-refractivity contribution < 1.29 is 31.1 Å². The van der Waals surface area contributed by atoms with Crippen LogP contribution in [-0.2, 0) is 4.74 Å². The summed E-state index contributed by atoms with van der Waals surface area (Å²) in [5.74, 6) is -9.99. The SMILES string of the molecule is CCCOC(F)(F)/C(F)=C(\F)C(C)(F)F. The lowest BCUT2D eigenvalue weighted by Crippen LogP contribution is -2.26. The zero-order valence-corrected chi connectivity index (χ0v) is 8.09. The fourth-order valence-electron chi connectivity index (χ4n) is 0.614. The van der Waals surface area contributed by atoms with E-state index in [9.17, 15) is 26.3 Å². The van der Waals surface area contributed by atoms with E-state index in [1.807, 2.05) is 0 Å². The molecule has 0 aliphatic carbocycles. The number of hydrogen-bond donors (Lipinski definition) is 0. The highest BCUT2D eigenvalue weighted by atomic mass is 19.3. The summed E-state index contributed by atoms with van der Waals surface area (Å²) < 4.78 is 78.0. The van der Waals surface area contributed by atoms with Gasteiger partial charge in [-0.3, -0.25) is 0 Å². The van der Waals surface area contributed by atoms with Crippen molar-refractivity contribution in [1.82, 2.24) is 0 Å². The molecule has 0 N–H and O–H groups in total. The van der Waals surface area contributed by atoms with Crippen LogP contribution in [0.25, 0.3) is 0 Å². The molecule has 0 saturated heterocycles. The van der Waals surface area contributed by atoms with E-state index in [2.05, 4.69) is 4.74 Å². The van der Waals surface area contributed by atoms with Gasteiger partial charge in [-0.15, -0.1) is 0 Å². The zero-order chi connectivity index (χ0) is 12.3. The van der Waals surface area contributed by atoms with Crippen LogP contribution in [0.15, 0.2) is 11.7 Å². The molecule has 7 heteroatoms. The van der Waals surface area contributed by atoms with Crippen LogP contribution >= 0.6 is 0 Å². The van der Waals surface area contributed by atoms with E-state index in [4.69, 9.17) is 0 Å². The largest absolute Gasteiger partial charge is 0.412 e. The summed E-state index contributed by atoms with van der Waals surface area (Å²) in [4.78, 5) is 0. The first kappa shape index (κ1) is 14.3. The quantitative estimate of drug-likeness (QED) is 0.659. The monoisotopic (exact) mass is 236 g/mol. The minimum absolute atomic E-state index is 0.0299. The maximum Gasteiger partial charge on any atom is 0.412 e. The molecule has 0 spiro atoms. The molecule has 0 aromatic rings. The van der Waals surface area contributed by atoms with Gasteiger partial charge < -0.3 is 4.74 Å². The van der Waals surface area contributed by atoms with Gasteiger partial charge in [-0.1, -0.05) is 6.92 Å². The highest BCUT2D eigenvalue weighted by molar-refractivity contribution is 5.12. The molecule has 0 bridgehead atoms. The van der Waals surface area contributed by atoms with Crippen molar-refractivity contribution >= 4 is 0 Å². The van der Waals surface area contributed by atoms with E-state index in [1.54, 1.807) is 0 Å². The van der Waals surface area contributed by atoms with E-state index in [0.29, 0.717) is 0 Å². The molecule has 0 aromatic heterocycles. The Balaban J connectivity index is 4.88. The molecular formula is C8H10F6O. The molecule has 15 heavy (non-hydrogen) atoms. The zero-order valence-electron chi connectivity index (χ0n) is 8.09. The lowest BCUT2D eigenvalue weighted by molar-refractivity contribution is -0.223. The van der Waals surface area contributed by atoms with Crippen LogP contribution in [0.3, 0.4) is 0 Å². The molecule has 0 saturated carbocycles. The summed E-state index contributed by atoms with van der Waals surface area (Å²) in [7, 11) is 0. The smallest absolute Gasteiger partial charge is 0.315 e. The molecule has 0 unspecified atom stereocenters. The first-order valence-electron chi connectivity index (χ1n) is 4.08. The summed E-state index contributed by atoms with van der Waals surface area (Å²) in [5.41, 5.74) is 0. The average Bonchev–Trinajstić information content (AvgIpc) is 2.10. The Morgan fingerprint density at radius 1 is 1.07 bits per heavy atom. The van der Waals surface area contributed by atoms with E-state index >= 15 is 0 Å². The topological polar surface area (TPSA) is 9.23 Å². The summed E-state index contributed by atoms with van der Waals surface area (Å²) in [6, 6.07) is 0. The van der Waals surface area contributed by atoms with Crippen LogP contribution in [-0.4, -0.2) is 18.6 Å². The minimum atomic E-state index is -4.65. The van der Waals surface area contributed by atoms with Gasteiger partial charge in [0.25, 0.3) is 5.92 Å². The van der Waals surface area contributed by atoms with Crippen LogP contribution in [0.2, 0.25) is 0 Å². The summed E-state index contributed by atoms with van der Waals surface area (Å²) in [6.07, 6.45) is -4.54. The summed E-state index contributed by atoms with van der Waals surface area (Å²) in [6.45, 7) is 0.850. The summed E-state index contributed by atoms with van der Waals surface area (Å²) in [5, 5.41) is 0. The Kier molecular flexibility index (Phi) is 4.64. The maximum atomic E-state index is 12.6. The molecule has 0 amide bonds. The Morgan fingerprint density at radius 2 is 1.53 bits per heavy atom. The standard InChI is InChI=1S/C8H10F6O/c1-3-4-15-8(13,14)6(10)5(9)7(2,11)12/h3-4H2,1-2H3/b6-5+. The van der Waals surface area contributed by atoms with Crippen molar-refractivity contribution in [2.45, 2.75) is 32.3 Å². The number of allylic oxidation sites excluding steroid dienone is 1. The van der Waals surface area contributed by atoms with Gasteiger partial charge in [0.05, 0.1) is 6.61 Å². The number of hydrogen-bond acceptors (Lipinski definition) is 1. The molecule has 0 atom stereocenters. The van der Waals surface area contributed by atoms with Gasteiger partial charge in [0.15, 0.2) is 0 Å². The van der Waals surface area contributed by atoms with Crippen molar-refractivity contribution in [3.05, 3.63) is 11.7 Å². The third kappa shape index (κ3) is 4.11. The third-order valence-corrected chi connectivity index (χ3v) is 1.32. The number of ether oxygens (including phenoxy) is 1. The number of alkyl halides is 4. The van der Waals surface area contributed by atoms with Crippen molar-refractivity contribution in [2.75, 3.05) is 6.61 Å².